The first-order valence-electron chi connectivity index (χ1n) is 9.02. The lowest BCUT2D eigenvalue weighted by Crippen LogP contribution is -2.46. The van der Waals surface area contributed by atoms with Crippen LogP contribution in [-0.4, -0.2) is 40.2 Å². The van der Waals surface area contributed by atoms with Crippen LogP contribution in [0.2, 0.25) is 0 Å². The number of aromatic nitrogens is 1. The largest absolute Gasteiger partial charge is 0.440 e. The van der Waals surface area contributed by atoms with Crippen LogP contribution < -0.4 is 0 Å². The Morgan fingerprint density at radius 2 is 1.87 bits per heavy atom. The summed E-state index contributed by atoms with van der Waals surface area (Å²) in [5, 5.41) is 10.7. The third-order valence-electron chi connectivity index (χ3n) is 5.55. The van der Waals surface area contributed by atoms with Crippen LogP contribution in [0.15, 0.2) is 28.7 Å². The molecule has 124 valence electrons. The van der Waals surface area contributed by atoms with Crippen LogP contribution in [0.3, 0.4) is 0 Å². The van der Waals surface area contributed by atoms with E-state index in [1.807, 2.05) is 24.3 Å². The molecule has 0 radical (unpaired) electrons. The molecule has 1 saturated carbocycles. The van der Waals surface area contributed by atoms with E-state index in [1.165, 1.54) is 19.3 Å². The van der Waals surface area contributed by atoms with E-state index in [1.54, 1.807) is 0 Å². The van der Waals surface area contributed by atoms with Crippen molar-refractivity contribution in [1.82, 2.24) is 9.88 Å². The fourth-order valence-electron chi connectivity index (χ4n) is 4.19. The molecule has 0 amide bonds. The molecule has 2 aromatic rings. The van der Waals surface area contributed by atoms with Gasteiger partial charge in [-0.3, -0.25) is 0 Å². The van der Waals surface area contributed by atoms with Crippen molar-refractivity contribution in [3.63, 3.8) is 0 Å². The van der Waals surface area contributed by atoms with Gasteiger partial charge in [0.15, 0.2) is 11.5 Å². The first kappa shape index (κ1) is 15.2. The molecule has 23 heavy (non-hydrogen) atoms. The molecule has 0 bridgehead atoms. The lowest BCUT2D eigenvalue weighted by molar-refractivity contribution is -0.0311. The average molecular weight is 314 g/mol. The van der Waals surface area contributed by atoms with E-state index in [0.29, 0.717) is 5.92 Å². The van der Waals surface area contributed by atoms with Crippen molar-refractivity contribution >= 4 is 11.1 Å². The molecule has 2 aliphatic rings. The molecule has 4 rings (SSSR count). The van der Waals surface area contributed by atoms with E-state index >= 15 is 0 Å². The second-order valence-electron chi connectivity index (χ2n) is 7.36. The van der Waals surface area contributed by atoms with Gasteiger partial charge in [0.2, 0.25) is 0 Å². The molecule has 1 saturated heterocycles. The van der Waals surface area contributed by atoms with Gasteiger partial charge in [-0.05, 0) is 50.9 Å². The molecule has 0 spiro atoms. The highest BCUT2D eigenvalue weighted by Crippen LogP contribution is 2.33. The monoisotopic (exact) mass is 314 g/mol. The third-order valence-corrected chi connectivity index (χ3v) is 5.55. The number of rotatable bonds is 3. The molecule has 0 unspecified atom stereocenters. The van der Waals surface area contributed by atoms with E-state index in [0.717, 1.165) is 62.3 Å². The summed E-state index contributed by atoms with van der Waals surface area (Å²) >= 11 is 0. The standard InChI is InChI=1S/C19H26N2O2/c22-19(10-4-1-5-11-19)14-21-12-8-15(9-13-21)18-20-16-6-2-3-7-17(16)23-18/h2-3,6-7,15,22H,1,4-5,8-14H2. The Morgan fingerprint density at radius 1 is 1.13 bits per heavy atom. The fourth-order valence-corrected chi connectivity index (χ4v) is 4.19. The second kappa shape index (κ2) is 6.25. The van der Waals surface area contributed by atoms with Gasteiger partial charge in [-0.25, -0.2) is 4.98 Å². The first-order valence-corrected chi connectivity index (χ1v) is 9.02. The first-order chi connectivity index (χ1) is 11.2. The number of para-hydroxylation sites is 2. The minimum atomic E-state index is -0.442. The molecule has 1 aromatic heterocycles. The Kier molecular flexibility index (Phi) is 4.12. The van der Waals surface area contributed by atoms with Crippen molar-refractivity contribution in [1.29, 1.82) is 0 Å². The van der Waals surface area contributed by atoms with E-state index in [2.05, 4.69) is 9.88 Å². The summed E-state index contributed by atoms with van der Waals surface area (Å²) in [6.45, 7) is 2.91. The molecule has 2 heterocycles. The van der Waals surface area contributed by atoms with E-state index in [4.69, 9.17) is 4.42 Å². The molecular formula is C19H26N2O2. The molecule has 4 heteroatoms. The highest BCUT2D eigenvalue weighted by atomic mass is 16.3. The summed E-state index contributed by atoms with van der Waals surface area (Å²) in [7, 11) is 0. The van der Waals surface area contributed by atoms with Gasteiger partial charge in [-0.15, -0.1) is 0 Å². The fraction of sp³-hybridized carbons (Fsp3) is 0.632. The summed E-state index contributed by atoms with van der Waals surface area (Å²) in [5.74, 6) is 1.31. The summed E-state index contributed by atoms with van der Waals surface area (Å²) in [6, 6.07) is 7.99. The van der Waals surface area contributed by atoms with Crippen molar-refractivity contribution in [2.75, 3.05) is 19.6 Å². The van der Waals surface area contributed by atoms with Gasteiger partial charge in [0.25, 0.3) is 0 Å². The lowest BCUT2D eigenvalue weighted by atomic mass is 9.84. The maximum absolute atomic E-state index is 10.7. The van der Waals surface area contributed by atoms with Crippen LogP contribution in [0.1, 0.15) is 56.8 Å². The zero-order valence-electron chi connectivity index (χ0n) is 13.7. The van der Waals surface area contributed by atoms with Crippen molar-refractivity contribution in [2.45, 2.75) is 56.5 Å². The Hall–Kier alpha value is -1.39. The number of piperidine rings is 1. The Balaban J connectivity index is 1.37. The minimum absolute atomic E-state index is 0.416. The number of hydrogen-bond donors (Lipinski definition) is 1. The average Bonchev–Trinajstić information content (AvgIpc) is 3.00. The molecule has 1 aliphatic carbocycles. The van der Waals surface area contributed by atoms with Crippen LogP contribution in [-0.2, 0) is 0 Å². The Bertz CT molecular complexity index is 619. The number of oxazole rings is 1. The topological polar surface area (TPSA) is 49.5 Å². The van der Waals surface area contributed by atoms with Crippen molar-refractivity contribution in [3.8, 4) is 0 Å². The number of fused-ring (bicyclic) bond motifs is 1. The van der Waals surface area contributed by atoms with Crippen LogP contribution in [0, 0.1) is 0 Å². The van der Waals surface area contributed by atoms with Gasteiger partial charge in [-0.1, -0.05) is 31.4 Å². The molecule has 1 N–H and O–H groups in total. The summed E-state index contributed by atoms with van der Waals surface area (Å²) in [5.41, 5.74) is 1.41. The molecule has 1 aliphatic heterocycles. The van der Waals surface area contributed by atoms with E-state index < -0.39 is 5.60 Å². The van der Waals surface area contributed by atoms with E-state index in [-0.39, 0.29) is 0 Å². The number of nitrogens with zero attached hydrogens (tertiary/aromatic N) is 2. The number of hydrogen-bond acceptors (Lipinski definition) is 4. The number of aliphatic hydroxyl groups is 1. The van der Waals surface area contributed by atoms with Gasteiger partial charge >= 0.3 is 0 Å². The zero-order valence-corrected chi connectivity index (χ0v) is 13.7. The van der Waals surface area contributed by atoms with Gasteiger partial charge < -0.3 is 14.4 Å². The van der Waals surface area contributed by atoms with Gasteiger partial charge in [0.1, 0.15) is 5.52 Å². The second-order valence-corrected chi connectivity index (χ2v) is 7.36. The van der Waals surface area contributed by atoms with Gasteiger partial charge in [-0.2, -0.15) is 0 Å². The number of β-amino-alcohol motifs (C(OH)–C–C–N with tert-alkyl or cyclic N) is 1. The van der Waals surface area contributed by atoms with Gasteiger partial charge in [0, 0.05) is 12.5 Å². The zero-order chi connectivity index (χ0) is 15.7. The summed E-state index contributed by atoms with van der Waals surface area (Å²) in [6.07, 6.45) is 7.72. The highest BCUT2D eigenvalue weighted by Gasteiger charge is 2.33. The van der Waals surface area contributed by atoms with E-state index in [9.17, 15) is 5.11 Å². The number of benzene rings is 1. The van der Waals surface area contributed by atoms with Crippen molar-refractivity contribution < 1.29 is 9.52 Å². The van der Waals surface area contributed by atoms with Crippen LogP contribution in [0.5, 0.6) is 0 Å². The Labute approximate surface area is 137 Å². The summed E-state index contributed by atoms with van der Waals surface area (Å²) < 4.78 is 5.93. The predicted molar refractivity (Wildman–Crippen MR) is 90.5 cm³/mol. The predicted octanol–water partition coefficient (Wildman–Crippen LogP) is 3.70. The number of likely N-dealkylation sites (tertiary alicyclic amines) is 1. The molecule has 4 nitrogen and oxygen atoms in total. The van der Waals surface area contributed by atoms with Crippen molar-refractivity contribution in [3.05, 3.63) is 30.2 Å². The van der Waals surface area contributed by atoms with Gasteiger partial charge in [0.05, 0.1) is 5.60 Å². The maximum atomic E-state index is 10.7. The molecule has 2 fully saturated rings. The molecule has 1 aromatic carbocycles. The normalized spacial score (nSPS) is 23.3. The SMILES string of the molecule is OC1(CN2CCC(c3nc4ccccc4o3)CC2)CCCCC1. The maximum Gasteiger partial charge on any atom is 0.198 e. The van der Waals surface area contributed by atoms with Crippen LogP contribution >= 0.6 is 0 Å². The molecular weight excluding hydrogens is 288 g/mol. The third kappa shape index (κ3) is 3.29. The summed E-state index contributed by atoms with van der Waals surface area (Å²) in [4.78, 5) is 7.09. The van der Waals surface area contributed by atoms with Crippen LogP contribution in [0.4, 0.5) is 0 Å². The lowest BCUT2D eigenvalue weighted by Gasteiger charge is -2.39. The van der Waals surface area contributed by atoms with Crippen molar-refractivity contribution in [2.24, 2.45) is 0 Å². The Morgan fingerprint density at radius 3 is 2.61 bits per heavy atom. The smallest absolute Gasteiger partial charge is 0.198 e. The minimum Gasteiger partial charge on any atom is -0.440 e. The highest BCUT2D eigenvalue weighted by molar-refractivity contribution is 5.72. The van der Waals surface area contributed by atoms with Crippen LogP contribution in [0.25, 0.3) is 11.1 Å². The quantitative estimate of drug-likeness (QED) is 0.938. The molecule has 0 atom stereocenters.